The molecule has 0 bridgehead atoms. The van der Waals surface area contributed by atoms with E-state index >= 15 is 0 Å². The van der Waals surface area contributed by atoms with E-state index < -0.39 is 0 Å². The van der Waals surface area contributed by atoms with Crippen molar-refractivity contribution in [3.8, 4) is 0 Å². The number of non-ortho nitro benzene ring substituents is 1. The van der Waals surface area contributed by atoms with Gasteiger partial charge in [0.2, 0.25) is 0 Å². The van der Waals surface area contributed by atoms with Crippen LogP contribution in [0.15, 0.2) is 95.7 Å². The fourth-order valence-electron chi connectivity index (χ4n) is 4.07. The van der Waals surface area contributed by atoms with Crippen molar-refractivity contribution < 1.29 is 9.72 Å². The molecule has 0 fully saturated rings. The Morgan fingerprint density at radius 2 is 1.76 bits per heavy atom. The van der Waals surface area contributed by atoms with Gasteiger partial charge in [-0.3, -0.25) is 14.9 Å². The van der Waals surface area contributed by atoms with Gasteiger partial charge < -0.3 is 4.57 Å². The number of anilines is 1. The van der Waals surface area contributed by atoms with E-state index in [0.29, 0.717) is 17.8 Å². The summed E-state index contributed by atoms with van der Waals surface area (Å²) in [6.45, 7) is 2.30. The standard InChI is InChI=1S/C26H20N4O3/c1-18-24(26(31)29(27-18)21-9-3-2-4-10-21)15-20-17-28(25-13-6-5-12-23(20)25)16-19-8-7-11-22(14-19)30(32)33/h2-15,17H,16H2,1H3/b24-15+. The van der Waals surface area contributed by atoms with Crippen molar-refractivity contribution in [1.82, 2.24) is 4.57 Å². The molecule has 4 aromatic rings. The number of hydrogen-bond acceptors (Lipinski definition) is 4. The predicted molar refractivity (Wildman–Crippen MR) is 129 cm³/mol. The second kappa shape index (κ2) is 8.20. The van der Waals surface area contributed by atoms with Crippen LogP contribution in [0.25, 0.3) is 17.0 Å². The number of benzene rings is 3. The van der Waals surface area contributed by atoms with Crippen LogP contribution < -0.4 is 5.01 Å². The molecule has 5 rings (SSSR count). The summed E-state index contributed by atoms with van der Waals surface area (Å²) in [5.74, 6) is -0.172. The van der Waals surface area contributed by atoms with Crippen molar-refractivity contribution in [2.24, 2.45) is 5.10 Å². The lowest BCUT2D eigenvalue weighted by molar-refractivity contribution is -0.384. The third-order valence-corrected chi connectivity index (χ3v) is 5.66. The predicted octanol–water partition coefficient (Wildman–Crippen LogP) is 5.40. The molecule has 0 atom stereocenters. The summed E-state index contributed by atoms with van der Waals surface area (Å²) in [6.07, 6.45) is 3.85. The molecule has 1 aliphatic heterocycles. The van der Waals surface area contributed by atoms with Gasteiger partial charge >= 0.3 is 0 Å². The summed E-state index contributed by atoms with van der Waals surface area (Å²) < 4.78 is 2.04. The van der Waals surface area contributed by atoms with E-state index in [1.807, 2.05) is 84.4 Å². The molecular formula is C26H20N4O3. The number of carbonyl (C=O) groups is 1. The number of hydrogen-bond donors (Lipinski definition) is 0. The zero-order chi connectivity index (χ0) is 22.9. The van der Waals surface area contributed by atoms with Crippen LogP contribution in [-0.2, 0) is 11.3 Å². The summed E-state index contributed by atoms with van der Waals surface area (Å²) >= 11 is 0. The van der Waals surface area contributed by atoms with Gasteiger partial charge in [-0.15, -0.1) is 0 Å². The smallest absolute Gasteiger partial charge is 0.280 e. The van der Waals surface area contributed by atoms with Gasteiger partial charge in [0.25, 0.3) is 11.6 Å². The first-order chi connectivity index (χ1) is 16.0. The lowest BCUT2D eigenvalue weighted by Gasteiger charge is -2.10. The van der Waals surface area contributed by atoms with Crippen LogP contribution in [-0.4, -0.2) is 21.1 Å². The van der Waals surface area contributed by atoms with Crippen molar-refractivity contribution in [1.29, 1.82) is 0 Å². The van der Waals surface area contributed by atoms with Crippen LogP contribution in [0.1, 0.15) is 18.1 Å². The maximum Gasteiger partial charge on any atom is 0.280 e. The normalized spacial score (nSPS) is 14.8. The molecule has 2 heterocycles. The molecule has 7 heteroatoms. The van der Waals surface area contributed by atoms with Crippen LogP contribution in [0.5, 0.6) is 0 Å². The number of nitro groups is 1. The molecule has 162 valence electrons. The van der Waals surface area contributed by atoms with Crippen LogP contribution in [0.3, 0.4) is 0 Å². The zero-order valence-electron chi connectivity index (χ0n) is 17.9. The molecule has 0 spiro atoms. The van der Waals surface area contributed by atoms with E-state index in [4.69, 9.17) is 0 Å². The van der Waals surface area contributed by atoms with Crippen LogP contribution in [0.2, 0.25) is 0 Å². The summed E-state index contributed by atoms with van der Waals surface area (Å²) in [6, 6.07) is 23.9. The quantitative estimate of drug-likeness (QED) is 0.238. The molecule has 0 radical (unpaired) electrons. The minimum absolute atomic E-state index is 0.0655. The Bertz CT molecular complexity index is 1450. The largest absolute Gasteiger partial charge is 0.342 e. The topological polar surface area (TPSA) is 80.7 Å². The van der Waals surface area contributed by atoms with Crippen LogP contribution in [0.4, 0.5) is 11.4 Å². The number of rotatable bonds is 5. The van der Waals surface area contributed by atoms with Gasteiger partial charge in [0.05, 0.1) is 21.9 Å². The SMILES string of the molecule is CC1=NN(c2ccccc2)C(=O)/C1=C/c1cn(Cc2cccc([N+](=O)[O-])c2)c2ccccc12. The van der Waals surface area contributed by atoms with E-state index in [1.54, 1.807) is 12.1 Å². The highest BCUT2D eigenvalue weighted by molar-refractivity contribution is 6.32. The van der Waals surface area contributed by atoms with Crippen molar-refractivity contribution in [3.63, 3.8) is 0 Å². The molecule has 1 aliphatic rings. The van der Waals surface area contributed by atoms with Gasteiger partial charge in [-0.1, -0.05) is 48.5 Å². The second-order valence-electron chi connectivity index (χ2n) is 7.85. The Hall–Kier alpha value is -4.52. The fourth-order valence-corrected chi connectivity index (χ4v) is 4.07. The second-order valence-corrected chi connectivity index (χ2v) is 7.85. The number of aromatic nitrogens is 1. The molecule has 0 N–H and O–H groups in total. The van der Waals surface area contributed by atoms with E-state index in [-0.39, 0.29) is 16.5 Å². The molecule has 0 saturated heterocycles. The Labute approximate surface area is 190 Å². The summed E-state index contributed by atoms with van der Waals surface area (Å²) in [5, 5.41) is 18.0. The third kappa shape index (κ3) is 3.80. The molecule has 1 amide bonds. The monoisotopic (exact) mass is 436 g/mol. The van der Waals surface area contributed by atoms with E-state index in [0.717, 1.165) is 27.7 Å². The average molecular weight is 436 g/mol. The Morgan fingerprint density at radius 3 is 2.55 bits per heavy atom. The van der Waals surface area contributed by atoms with E-state index in [1.165, 1.54) is 11.1 Å². The number of carbonyl (C=O) groups excluding carboxylic acids is 1. The lowest BCUT2D eigenvalue weighted by Crippen LogP contribution is -2.21. The molecule has 7 nitrogen and oxygen atoms in total. The Morgan fingerprint density at radius 1 is 1.00 bits per heavy atom. The maximum atomic E-state index is 13.1. The van der Waals surface area contributed by atoms with Gasteiger partial charge in [-0.25, -0.2) is 0 Å². The highest BCUT2D eigenvalue weighted by Gasteiger charge is 2.29. The minimum Gasteiger partial charge on any atom is -0.342 e. The Balaban J connectivity index is 1.53. The van der Waals surface area contributed by atoms with Crippen molar-refractivity contribution in [2.45, 2.75) is 13.5 Å². The summed E-state index contributed by atoms with van der Waals surface area (Å²) in [5.41, 5.74) is 4.68. The molecule has 0 saturated carbocycles. The fraction of sp³-hybridized carbons (Fsp3) is 0.0769. The van der Waals surface area contributed by atoms with Gasteiger partial charge in [-0.05, 0) is 36.8 Å². The van der Waals surface area contributed by atoms with Gasteiger partial charge in [-0.2, -0.15) is 10.1 Å². The first-order valence-corrected chi connectivity index (χ1v) is 10.5. The number of para-hydroxylation sites is 2. The Kier molecular flexibility index (Phi) is 5.06. The lowest BCUT2D eigenvalue weighted by atomic mass is 10.1. The average Bonchev–Trinajstić information content (AvgIpc) is 3.32. The molecule has 3 aromatic carbocycles. The highest BCUT2D eigenvalue weighted by Crippen LogP contribution is 2.29. The van der Waals surface area contributed by atoms with Gasteiger partial charge in [0.15, 0.2) is 0 Å². The minimum atomic E-state index is -0.389. The van der Waals surface area contributed by atoms with Crippen molar-refractivity contribution in [3.05, 3.63) is 112 Å². The number of fused-ring (bicyclic) bond motifs is 1. The van der Waals surface area contributed by atoms with Gasteiger partial charge in [0, 0.05) is 41.3 Å². The van der Waals surface area contributed by atoms with Crippen molar-refractivity contribution >= 4 is 40.0 Å². The van der Waals surface area contributed by atoms with E-state index in [9.17, 15) is 14.9 Å². The van der Waals surface area contributed by atoms with Crippen LogP contribution in [0, 0.1) is 10.1 Å². The summed E-state index contributed by atoms with van der Waals surface area (Å²) in [4.78, 5) is 23.9. The molecule has 0 aliphatic carbocycles. The first-order valence-electron chi connectivity index (χ1n) is 10.5. The van der Waals surface area contributed by atoms with E-state index in [2.05, 4.69) is 5.10 Å². The van der Waals surface area contributed by atoms with Crippen LogP contribution >= 0.6 is 0 Å². The number of nitro benzene ring substituents is 1. The van der Waals surface area contributed by atoms with Gasteiger partial charge in [0.1, 0.15) is 0 Å². The number of nitrogens with zero attached hydrogens (tertiary/aromatic N) is 4. The molecule has 1 aromatic heterocycles. The summed E-state index contributed by atoms with van der Waals surface area (Å²) in [7, 11) is 0. The third-order valence-electron chi connectivity index (χ3n) is 5.66. The maximum absolute atomic E-state index is 13.1. The first kappa shape index (κ1) is 20.4. The zero-order valence-corrected chi connectivity index (χ0v) is 17.9. The van der Waals surface area contributed by atoms with Crippen molar-refractivity contribution in [2.75, 3.05) is 5.01 Å². The highest BCUT2D eigenvalue weighted by atomic mass is 16.6. The molecular weight excluding hydrogens is 416 g/mol. The molecule has 0 unspecified atom stereocenters. The number of hydrazone groups is 1. The number of amides is 1. The molecule has 33 heavy (non-hydrogen) atoms.